The summed E-state index contributed by atoms with van der Waals surface area (Å²) >= 11 is 3.51. The normalized spacial score (nSPS) is 13.4. The SMILES string of the molecule is CC(CBr)c1cccc2cc[nH]c12. The van der Waals surface area contributed by atoms with Gasteiger partial charge in [0.25, 0.3) is 0 Å². The molecular formula is C11H12BrN. The number of aromatic amines is 1. The minimum atomic E-state index is 0.558. The van der Waals surface area contributed by atoms with Crippen molar-refractivity contribution in [3.63, 3.8) is 0 Å². The van der Waals surface area contributed by atoms with Crippen molar-refractivity contribution >= 4 is 26.8 Å². The molecule has 68 valence electrons. The maximum atomic E-state index is 3.51. The second-order valence-corrected chi connectivity index (χ2v) is 3.99. The second-order valence-electron chi connectivity index (χ2n) is 3.34. The summed E-state index contributed by atoms with van der Waals surface area (Å²) in [5, 5.41) is 2.30. The third kappa shape index (κ3) is 1.51. The van der Waals surface area contributed by atoms with Crippen LogP contribution in [-0.4, -0.2) is 10.3 Å². The van der Waals surface area contributed by atoms with Gasteiger partial charge in [-0.25, -0.2) is 0 Å². The Kier molecular flexibility index (Phi) is 2.40. The van der Waals surface area contributed by atoms with Crippen LogP contribution in [0.1, 0.15) is 18.4 Å². The van der Waals surface area contributed by atoms with Crippen molar-refractivity contribution in [2.45, 2.75) is 12.8 Å². The average molecular weight is 238 g/mol. The van der Waals surface area contributed by atoms with Gasteiger partial charge >= 0.3 is 0 Å². The summed E-state index contributed by atoms with van der Waals surface area (Å²) in [6.07, 6.45) is 2.00. The van der Waals surface area contributed by atoms with Gasteiger partial charge < -0.3 is 4.98 Å². The monoisotopic (exact) mass is 237 g/mol. The minimum absolute atomic E-state index is 0.558. The molecule has 2 heteroatoms. The van der Waals surface area contributed by atoms with Gasteiger partial charge in [-0.15, -0.1) is 0 Å². The minimum Gasteiger partial charge on any atom is -0.361 e. The molecule has 0 fully saturated rings. The molecule has 1 aromatic carbocycles. The number of nitrogens with one attached hydrogen (secondary N) is 1. The lowest BCUT2D eigenvalue weighted by molar-refractivity contribution is 0.895. The highest BCUT2D eigenvalue weighted by atomic mass is 79.9. The van der Waals surface area contributed by atoms with Crippen LogP contribution in [0, 0.1) is 0 Å². The Morgan fingerprint density at radius 3 is 3.00 bits per heavy atom. The molecular weight excluding hydrogens is 226 g/mol. The molecule has 1 atom stereocenters. The van der Waals surface area contributed by atoms with E-state index in [0.717, 1.165) is 5.33 Å². The van der Waals surface area contributed by atoms with E-state index in [4.69, 9.17) is 0 Å². The van der Waals surface area contributed by atoms with E-state index in [1.807, 2.05) is 6.20 Å². The number of aromatic nitrogens is 1. The smallest absolute Gasteiger partial charge is 0.0489 e. The Morgan fingerprint density at radius 1 is 1.38 bits per heavy atom. The number of alkyl halides is 1. The maximum absolute atomic E-state index is 3.51. The van der Waals surface area contributed by atoms with Crippen LogP contribution in [0.15, 0.2) is 30.5 Å². The molecule has 0 amide bonds. The van der Waals surface area contributed by atoms with Gasteiger partial charge in [0.1, 0.15) is 0 Å². The highest BCUT2D eigenvalue weighted by Crippen LogP contribution is 2.25. The molecule has 1 nitrogen and oxygen atoms in total. The fourth-order valence-electron chi connectivity index (χ4n) is 1.60. The number of hydrogen-bond acceptors (Lipinski definition) is 0. The topological polar surface area (TPSA) is 15.8 Å². The predicted molar refractivity (Wildman–Crippen MR) is 60.5 cm³/mol. The summed E-state index contributed by atoms with van der Waals surface area (Å²) in [7, 11) is 0. The Hall–Kier alpha value is -0.760. The zero-order valence-corrected chi connectivity index (χ0v) is 9.14. The molecule has 2 rings (SSSR count). The fraction of sp³-hybridized carbons (Fsp3) is 0.273. The third-order valence-corrected chi connectivity index (χ3v) is 3.35. The lowest BCUT2D eigenvalue weighted by Crippen LogP contribution is -1.94. The highest BCUT2D eigenvalue weighted by molar-refractivity contribution is 9.09. The highest BCUT2D eigenvalue weighted by Gasteiger charge is 2.07. The first-order chi connectivity index (χ1) is 6.33. The molecule has 1 N–H and O–H groups in total. The van der Waals surface area contributed by atoms with Crippen LogP contribution in [0.2, 0.25) is 0 Å². The molecule has 0 saturated heterocycles. The summed E-state index contributed by atoms with van der Waals surface area (Å²) < 4.78 is 0. The van der Waals surface area contributed by atoms with Crippen molar-refractivity contribution < 1.29 is 0 Å². The number of hydrogen-bond donors (Lipinski definition) is 1. The molecule has 0 bridgehead atoms. The first kappa shape index (κ1) is 8.82. The van der Waals surface area contributed by atoms with Gasteiger partial charge in [-0.2, -0.15) is 0 Å². The zero-order chi connectivity index (χ0) is 9.26. The van der Waals surface area contributed by atoms with E-state index in [2.05, 4.69) is 52.1 Å². The molecule has 1 unspecified atom stereocenters. The molecule has 0 saturated carbocycles. The number of fused-ring (bicyclic) bond motifs is 1. The van der Waals surface area contributed by atoms with E-state index in [1.165, 1.54) is 16.5 Å². The molecule has 2 aromatic rings. The number of halogens is 1. The average Bonchev–Trinajstić information content (AvgIpc) is 2.63. The second kappa shape index (κ2) is 3.54. The Bertz CT molecular complexity index is 405. The Balaban J connectivity index is 2.60. The molecule has 0 radical (unpaired) electrons. The van der Waals surface area contributed by atoms with Crippen LogP contribution in [-0.2, 0) is 0 Å². The van der Waals surface area contributed by atoms with Crippen LogP contribution >= 0.6 is 15.9 Å². The number of benzene rings is 1. The molecule has 1 heterocycles. The third-order valence-electron chi connectivity index (χ3n) is 2.38. The fourth-order valence-corrected chi connectivity index (χ4v) is 1.95. The van der Waals surface area contributed by atoms with Gasteiger partial charge in [-0.1, -0.05) is 41.1 Å². The lowest BCUT2D eigenvalue weighted by Gasteiger charge is -2.08. The van der Waals surface area contributed by atoms with Crippen LogP contribution in [0.4, 0.5) is 0 Å². The summed E-state index contributed by atoms with van der Waals surface area (Å²) in [5.74, 6) is 0.558. The Morgan fingerprint density at radius 2 is 2.23 bits per heavy atom. The number of H-pyrrole nitrogens is 1. The van der Waals surface area contributed by atoms with Crippen molar-refractivity contribution in [3.05, 3.63) is 36.0 Å². The lowest BCUT2D eigenvalue weighted by atomic mass is 10.0. The summed E-state index contributed by atoms with van der Waals surface area (Å²) in [6, 6.07) is 8.55. The van der Waals surface area contributed by atoms with Crippen molar-refractivity contribution in [1.29, 1.82) is 0 Å². The van der Waals surface area contributed by atoms with Gasteiger partial charge in [0.2, 0.25) is 0 Å². The Labute approximate surface area is 86.3 Å². The largest absolute Gasteiger partial charge is 0.361 e. The van der Waals surface area contributed by atoms with Gasteiger partial charge in [-0.3, -0.25) is 0 Å². The van der Waals surface area contributed by atoms with Crippen LogP contribution < -0.4 is 0 Å². The summed E-state index contributed by atoms with van der Waals surface area (Å²) in [6.45, 7) is 2.23. The molecule has 0 aliphatic rings. The quantitative estimate of drug-likeness (QED) is 0.768. The maximum Gasteiger partial charge on any atom is 0.0489 e. The number of rotatable bonds is 2. The molecule has 13 heavy (non-hydrogen) atoms. The van der Waals surface area contributed by atoms with Crippen molar-refractivity contribution in [3.8, 4) is 0 Å². The van der Waals surface area contributed by atoms with Gasteiger partial charge in [-0.05, 0) is 22.9 Å². The van der Waals surface area contributed by atoms with E-state index < -0.39 is 0 Å². The summed E-state index contributed by atoms with van der Waals surface area (Å²) in [5.41, 5.74) is 2.66. The standard InChI is InChI=1S/C11H12BrN/c1-8(7-12)10-4-2-3-9-5-6-13-11(9)10/h2-6,8,13H,7H2,1H3. The van der Waals surface area contributed by atoms with Crippen molar-refractivity contribution in [2.24, 2.45) is 0 Å². The van der Waals surface area contributed by atoms with E-state index >= 15 is 0 Å². The molecule has 0 spiro atoms. The van der Waals surface area contributed by atoms with Crippen molar-refractivity contribution in [2.75, 3.05) is 5.33 Å². The van der Waals surface area contributed by atoms with Gasteiger partial charge in [0, 0.05) is 17.0 Å². The van der Waals surface area contributed by atoms with E-state index in [1.54, 1.807) is 0 Å². The first-order valence-electron chi connectivity index (χ1n) is 4.45. The first-order valence-corrected chi connectivity index (χ1v) is 5.57. The zero-order valence-electron chi connectivity index (χ0n) is 7.55. The van der Waals surface area contributed by atoms with E-state index in [-0.39, 0.29) is 0 Å². The van der Waals surface area contributed by atoms with Crippen LogP contribution in [0.5, 0.6) is 0 Å². The molecule has 0 aliphatic heterocycles. The van der Waals surface area contributed by atoms with E-state index in [0.29, 0.717) is 5.92 Å². The van der Waals surface area contributed by atoms with Crippen LogP contribution in [0.25, 0.3) is 10.9 Å². The van der Waals surface area contributed by atoms with Crippen LogP contribution in [0.3, 0.4) is 0 Å². The number of para-hydroxylation sites is 1. The molecule has 1 aromatic heterocycles. The molecule has 0 aliphatic carbocycles. The predicted octanol–water partition coefficient (Wildman–Crippen LogP) is 3.67. The summed E-state index contributed by atoms with van der Waals surface area (Å²) in [4.78, 5) is 3.28. The van der Waals surface area contributed by atoms with Gasteiger partial charge in [0.15, 0.2) is 0 Å². The van der Waals surface area contributed by atoms with Crippen molar-refractivity contribution in [1.82, 2.24) is 4.98 Å². The van der Waals surface area contributed by atoms with Gasteiger partial charge in [0.05, 0.1) is 0 Å². The van der Waals surface area contributed by atoms with E-state index in [9.17, 15) is 0 Å².